The second-order valence-corrected chi connectivity index (χ2v) is 10.3. The first-order valence-electron chi connectivity index (χ1n) is 14.5. The molecule has 2 heterocycles. The SMILES string of the molecule is CCCCCCCCCCCCCCCCCCC(=O)Nc1ccn([C@@H]2O[C@H](CO)[C@@H](O)[C@@H]2O)c(=O)n1. The minimum atomic E-state index is -1.37. The third kappa shape index (κ3) is 11.6. The van der Waals surface area contributed by atoms with Crippen molar-refractivity contribution in [3.63, 3.8) is 0 Å². The lowest BCUT2D eigenvalue weighted by molar-refractivity contribution is -0.116. The molecule has 1 aliphatic heterocycles. The van der Waals surface area contributed by atoms with Gasteiger partial charge < -0.3 is 25.4 Å². The van der Waals surface area contributed by atoms with Crippen molar-refractivity contribution in [2.24, 2.45) is 0 Å². The number of ether oxygens (including phenoxy) is 1. The van der Waals surface area contributed by atoms with Gasteiger partial charge in [-0.25, -0.2) is 4.79 Å². The van der Waals surface area contributed by atoms with Crippen LogP contribution in [-0.2, 0) is 9.53 Å². The van der Waals surface area contributed by atoms with Crippen LogP contribution < -0.4 is 11.0 Å². The first-order valence-corrected chi connectivity index (χ1v) is 14.5. The van der Waals surface area contributed by atoms with Crippen molar-refractivity contribution in [2.45, 2.75) is 141 Å². The molecule has 37 heavy (non-hydrogen) atoms. The van der Waals surface area contributed by atoms with Gasteiger partial charge in [0, 0.05) is 12.6 Å². The van der Waals surface area contributed by atoms with Gasteiger partial charge in [-0.15, -0.1) is 0 Å². The van der Waals surface area contributed by atoms with E-state index in [2.05, 4.69) is 17.2 Å². The van der Waals surface area contributed by atoms with Crippen LogP contribution in [0.4, 0.5) is 5.82 Å². The van der Waals surface area contributed by atoms with Crippen molar-refractivity contribution in [1.29, 1.82) is 0 Å². The summed E-state index contributed by atoms with van der Waals surface area (Å²) in [5, 5.41) is 31.8. The van der Waals surface area contributed by atoms with Gasteiger partial charge in [0.05, 0.1) is 6.61 Å². The summed E-state index contributed by atoms with van der Waals surface area (Å²) in [4.78, 5) is 28.4. The lowest BCUT2D eigenvalue weighted by Gasteiger charge is -2.17. The summed E-state index contributed by atoms with van der Waals surface area (Å²) in [6.45, 7) is 1.78. The highest BCUT2D eigenvalue weighted by Crippen LogP contribution is 2.28. The minimum absolute atomic E-state index is 0.134. The quantitative estimate of drug-likeness (QED) is 0.186. The van der Waals surface area contributed by atoms with Crippen LogP contribution in [0, 0.1) is 0 Å². The van der Waals surface area contributed by atoms with E-state index in [9.17, 15) is 24.9 Å². The molecule has 1 aromatic rings. The normalized spacial score (nSPS) is 21.4. The van der Waals surface area contributed by atoms with Gasteiger partial charge in [-0.1, -0.05) is 103 Å². The van der Waals surface area contributed by atoms with Gasteiger partial charge in [0.2, 0.25) is 5.91 Å². The molecule has 9 nitrogen and oxygen atoms in total. The molecule has 1 aromatic heterocycles. The van der Waals surface area contributed by atoms with Crippen LogP contribution in [0.3, 0.4) is 0 Å². The molecule has 2 rings (SSSR count). The summed E-state index contributed by atoms with van der Waals surface area (Å²) in [6.07, 6.45) is 17.4. The van der Waals surface area contributed by atoms with E-state index in [1.807, 2.05) is 0 Å². The monoisotopic (exact) mass is 523 g/mol. The minimum Gasteiger partial charge on any atom is -0.394 e. The molecule has 4 atom stereocenters. The predicted molar refractivity (Wildman–Crippen MR) is 144 cm³/mol. The van der Waals surface area contributed by atoms with E-state index in [-0.39, 0.29) is 11.7 Å². The molecule has 1 fully saturated rings. The van der Waals surface area contributed by atoms with Gasteiger partial charge in [-0.3, -0.25) is 9.36 Å². The van der Waals surface area contributed by atoms with E-state index in [0.29, 0.717) is 6.42 Å². The summed E-state index contributed by atoms with van der Waals surface area (Å²) in [5.41, 5.74) is -0.727. The third-order valence-electron chi connectivity index (χ3n) is 7.15. The first-order chi connectivity index (χ1) is 18.0. The van der Waals surface area contributed by atoms with Crippen LogP contribution in [0.1, 0.15) is 122 Å². The number of aliphatic hydroxyl groups is 3. The molecular formula is C28H49N3O6. The molecule has 1 aliphatic rings. The zero-order valence-electron chi connectivity index (χ0n) is 22.7. The Balaban J connectivity index is 1.49. The highest BCUT2D eigenvalue weighted by molar-refractivity contribution is 5.89. The van der Waals surface area contributed by atoms with Gasteiger partial charge >= 0.3 is 5.69 Å². The zero-order valence-corrected chi connectivity index (χ0v) is 22.7. The molecule has 0 bridgehead atoms. The molecule has 0 unspecified atom stereocenters. The summed E-state index contributed by atoms with van der Waals surface area (Å²) in [7, 11) is 0. The number of rotatable bonds is 20. The molecule has 0 aromatic carbocycles. The second kappa shape index (κ2) is 18.4. The van der Waals surface area contributed by atoms with Gasteiger partial charge in [0.1, 0.15) is 24.1 Å². The lowest BCUT2D eigenvalue weighted by Crippen LogP contribution is -2.36. The van der Waals surface area contributed by atoms with E-state index in [0.717, 1.165) is 23.8 Å². The largest absolute Gasteiger partial charge is 0.394 e. The highest BCUT2D eigenvalue weighted by Gasteiger charge is 2.43. The fourth-order valence-electron chi connectivity index (χ4n) is 4.82. The standard InChI is InChI=1S/C28H49N3O6/c1-2-3-4-5-6-7-8-9-10-11-12-13-14-15-16-17-18-24(33)29-23-19-20-31(28(36)30-23)27-26(35)25(34)22(21-32)37-27/h19-20,22,25-27,32,34-35H,2-18,21H2,1H3,(H,29,30,33,36)/t22-,25-,26+,27-/m1/s1. The molecule has 0 aliphatic carbocycles. The Morgan fingerprint density at radius 2 is 1.41 bits per heavy atom. The maximum Gasteiger partial charge on any atom is 0.351 e. The first kappa shape index (κ1) is 31.4. The Morgan fingerprint density at radius 3 is 1.86 bits per heavy atom. The van der Waals surface area contributed by atoms with Gasteiger partial charge in [0.15, 0.2) is 6.23 Å². The number of hydrogen-bond acceptors (Lipinski definition) is 7. The number of carbonyl (C=O) groups is 1. The van der Waals surface area contributed by atoms with Crippen molar-refractivity contribution in [2.75, 3.05) is 11.9 Å². The number of aliphatic hydroxyl groups excluding tert-OH is 3. The fraction of sp³-hybridized carbons (Fsp3) is 0.821. The summed E-state index contributed by atoms with van der Waals surface area (Å²) in [6, 6.07) is 1.45. The summed E-state index contributed by atoms with van der Waals surface area (Å²) < 4.78 is 6.39. The average Bonchev–Trinajstić information content (AvgIpc) is 3.17. The number of aromatic nitrogens is 2. The summed E-state index contributed by atoms with van der Waals surface area (Å²) >= 11 is 0. The smallest absolute Gasteiger partial charge is 0.351 e. The van der Waals surface area contributed by atoms with E-state index in [4.69, 9.17) is 4.74 Å². The second-order valence-electron chi connectivity index (χ2n) is 10.3. The number of anilines is 1. The third-order valence-corrected chi connectivity index (χ3v) is 7.15. The van der Waals surface area contributed by atoms with Crippen molar-refractivity contribution in [3.8, 4) is 0 Å². The molecule has 1 amide bonds. The summed E-state index contributed by atoms with van der Waals surface area (Å²) in [5.74, 6) is -0.0579. The number of nitrogens with one attached hydrogen (secondary N) is 1. The molecule has 212 valence electrons. The molecule has 4 N–H and O–H groups in total. The van der Waals surface area contributed by atoms with E-state index < -0.39 is 36.8 Å². The number of nitrogens with zero attached hydrogens (tertiary/aromatic N) is 2. The van der Waals surface area contributed by atoms with E-state index >= 15 is 0 Å². The Morgan fingerprint density at radius 1 is 0.892 bits per heavy atom. The molecular weight excluding hydrogens is 474 g/mol. The average molecular weight is 524 g/mol. The fourth-order valence-corrected chi connectivity index (χ4v) is 4.82. The van der Waals surface area contributed by atoms with Crippen molar-refractivity contribution in [3.05, 3.63) is 22.7 Å². The van der Waals surface area contributed by atoms with Crippen LogP contribution in [0.25, 0.3) is 0 Å². The zero-order chi connectivity index (χ0) is 26.9. The van der Waals surface area contributed by atoms with Gasteiger partial charge in [-0.2, -0.15) is 4.98 Å². The molecule has 0 saturated carbocycles. The topological polar surface area (TPSA) is 134 Å². The predicted octanol–water partition coefficient (Wildman–Crippen LogP) is 4.44. The molecule has 0 radical (unpaired) electrons. The van der Waals surface area contributed by atoms with E-state index in [1.54, 1.807) is 0 Å². The molecule has 1 saturated heterocycles. The number of carbonyl (C=O) groups excluding carboxylic acids is 1. The molecule has 0 spiro atoms. The van der Waals surface area contributed by atoms with Crippen molar-refractivity contribution >= 4 is 11.7 Å². The van der Waals surface area contributed by atoms with Gasteiger partial charge in [-0.05, 0) is 12.5 Å². The van der Waals surface area contributed by atoms with Crippen LogP contribution in [0.5, 0.6) is 0 Å². The van der Waals surface area contributed by atoms with Crippen LogP contribution in [-0.4, -0.2) is 55.7 Å². The Hall–Kier alpha value is -1.81. The Kier molecular flexibility index (Phi) is 15.7. The Bertz CT molecular complexity index is 817. The Labute approximate surface area is 221 Å². The number of amides is 1. The van der Waals surface area contributed by atoms with Crippen molar-refractivity contribution < 1.29 is 24.9 Å². The molecule has 9 heteroatoms. The van der Waals surface area contributed by atoms with Crippen LogP contribution in [0.2, 0.25) is 0 Å². The van der Waals surface area contributed by atoms with Crippen LogP contribution in [0.15, 0.2) is 17.1 Å². The van der Waals surface area contributed by atoms with Crippen molar-refractivity contribution in [1.82, 2.24) is 9.55 Å². The lowest BCUT2D eigenvalue weighted by atomic mass is 10.0. The highest BCUT2D eigenvalue weighted by atomic mass is 16.6. The van der Waals surface area contributed by atoms with Crippen LogP contribution >= 0.6 is 0 Å². The van der Waals surface area contributed by atoms with Gasteiger partial charge in [0.25, 0.3) is 0 Å². The number of hydrogen-bond donors (Lipinski definition) is 4. The van der Waals surface area contributed by atoms with E-state index in [1.165, 1.54) is 95.7 Å². The number of unbranched alkanes of at least 4 members (excludes halogenated alkanes) is 15. The maximum absolute atomic E-state index is 12.3. The maximum atomic E-state index is 12.3.